The van der Waals surface area contributed by atoms with Gasteiger partial charge in [-0.2, -0.15) is 11.8 Å². The lowest BCUT2D eigenvalue weighted by atomic mass is 9.97. The van der Waals surface area contributed by atoms with E-state index < -0.39 is 241 Å². The number of phenolic OH excluding ortho intramolecular Hbond substituents is 1. The third-order valence-electron chi connectivity index (χ3n) is 18.9. The summed E-state index contributed by atoms with van der Waals surface area (Å²) in [5.41, 5.74) is 28.5. The number of aliphatic hydroxyl groups is 2. The second-order valence-electron chi connectivity index (χ2n) is 30.0. The minimum Gasteiger partial charge on any atom is -0.508 e. The molecule has 0 saturated carbocycles. The first-order valence-corrected chi connectivity index (χ1v) is 41.5. The van der Waals surface area contributed by atoms with E-state index >= 15 is 0 Å². The van der Waals surface area contributed by atoms with E-state index in [1.54, 1.807) is 78.1 Å². The van der Waals surface area contributed by atoms with Gasteiger partial charge in [0.1, 0.15) is 84.3 Å². The number of nitrogens with one attached hydrogen (secondary N) is 18. The fraction of sp³-hybridized carbons (Fsp3) is 0.597. The van der Waals surface area contributed by atoms with Crippen molar-refractivity contribution in [3.8, 4) is 5.75 Å². The number of benzene rings is 2. The lowest BCUT2D eigenvalue weighted by Crippen LogP contribution is -2.62. The largest absolute Gasteiger partial charge is 0.508 e. The fourth-order valence-electron chi connectivity index (χ4n) is 11.9. The molecule has 686 valence electrons. The predicted molar refractivity (Wildman–Crippen MR) is 450 cm³/mol. The minimum atomic E-state index is -1.95. The second kappa shape index (κ2) is 56.5. The number of phenols is 1. The molecule has 2 aromatic carbocycles. The molecule has 123 heavy (non-hydrogen) atoms. The van der Waals surface area contributed by atoms with Crippen LogP contribution in [0.15, 0.2) is 54.6 Å². The predicted octanol–water partition coefficient (Wildman–Crippen LogP) is -7.48. The number of unbranched alkanes of at least 4 members (excludes halogenated alkanes) is 1. The molecule has 33 N–H and O–H groups in total. The van der Waals surface area contributed by atoms with Gasteiger partial charge in [-0.15, -0.1) is 0 Å². The van der Waals surface area contributed by atoms with Crippen LogP contribution in [-0.4, -0.2) is 274 Å². The van der Waals surface area contributed by atoms with Crippen LogP contribution in [0.5, 0.6) is 5.75 Å². The summed E-state index contributed by atoms with van der Waals surface area (Å²) in [5.74, 6) is -20.8. The number of aromatic hydroxyl groups is 1. The highest BCUT2D eigenvalue weighted by atomic mass is 32.2. The molecule has 0 heterocycles. The Bertz CT molecular complexity index is 3890. The molecule has 0 bridgehead atoms. The zero-order chi connectivity index (χ0) is 92.8. The maximum absolute atomic E-state index is 14.7. The number of carboxylic acid groups (broad SMARTS) is 2. The van der Waals surface area contributed by atoms with Crippen molar-refractivity contribution in [1.82, 2.24) is 85.1 Å². The summed E-state index contributed by atoms with van der Waals surface area (Å²) in [4.78, 5) is 232. The van der Waals surface area contributed by atoms with Crippen molar-refractivity contribution in [1.29, 1.82) is 10.8 Å². The number of carbonyl (C=O) groups is 17. The van der Waals surface area contributed by atoms with E-state index in [2.05, 4.69) is 85.1 Å². The third-order valence-corrected chi connectivity index (χ3v) is 19.5. The Kier molecular flexibility index (Phi) is 49.2. The lowest BCUT2D eigenvalue weighted by molar-refractivity contribution is -0.142. The molecule has 46 heteroatoms. The summed E-state index contributed by atoms with van der Waals surface area (Å²) in [6, 6.07) is -6.15. The number of guanidine groups is 2. The second-order valence-corrected chi connectivity index (χ2v) is 31.0. The first-order chi connectivity index (χ1) is 57.9. The summed E-state index contributed by atoms with van der Waals surface area (Å²) in [7, 11) is 0. The van der Waals surface area contributed by atoms with Crippen LogP contribution in [0, 0.1) is 28.6 Å². The molecule has 0 unspecified atom stereocenters. The van der Waals surface area contributed by atoms with Crippen LogP contribution in [0.2, 0.25) is 0 Å². The molecule has 0 spiro atoms. The van der Waals surface area contributed by atoms with Crippen molar-refractivity contribution in [3.63, 3.8) is 0 Å². The van der Waals surface area contributed by atoms with Crippen LogP contribution in [0.4, 0.5) is 0 Å². The van der Waals surface area contributed by atoms with Crippen LogP contribution in [-0.2, 0) is 94.3 Å². The van der Waals surface area contributed by atoms with Gasteiger partial charge in [-0.3, -0.25) is 87.5 Å². The molecule has 0 aliphatic rings. The Morgan fingerprint density at radius 2 is 0.862 bits per heavy atom. The molecule has 0 fully saturated rings. The van der Waals surface area contributed by atoms with Gasteiger partial charge in [0, 0.05) is 25.9 Å². The smallest absolute Gasteiger partial charge is 0.326 e. The van der Waals surface area contributed by atoms with E-state index in [0.29, 0.717) is 17.5 Å². The van der Waals surface area contributed by atoms with Gasteiger partial charge >= 0.3 is 11.9 Å². The Hall–Kier alpha value is -12.0. The fourth-order valence-corrected chi connectivity index (χ4v) is 12.4. The van der Waals surface area contributed by atoms with Gasteiger partial charge in [-0.1, -0.05) is 90.4 Å². The van der Waals surface area contributed by atoms with Gasteiger partial charge in [0.2, 0.25) is 88.6 Å². The zero-order valence-corrected chi connectivity index (χ0v) is 71.1. The van der Waals surface area contributed by atoms with E-state index in [9.17, 15) is 107 Å². The molecule has 0 saturated heterocycles. The highest BCUT2D eigenvalue weighted by Crippen LogP contribution is 2.17. The van der Waals surface area contributed by atoms with Crippen molar-refractivity contribution in [2.24, 2.45) is 46.4 Å². The maximum atomic E-state index is 14.7. The topological polar surface area (TPSA) is 762 Å². The highest BCUT2D eigenvalue weighted by molar-refractivity contribution is 7.98. The van der Waals surface area contributed by atoms with Gasteiger partial charge in [-0.25, -0.2) is 4.79 Å². The summed E-state index contributed by atoms with van der Waals surface area (Å²) in [6.07, 6.45) is -2.22. The standard InChI is InChI=1S/C77H125N23O22S/c1-9-41(6)61(99-67(113)49(21-16-29-86-77(83)84)93-70(116)54(35-59(107)108)90-58(106)36-87-64(110)53(34-56(80)104)94-63(109)46(79)38-101)72(118)88-37-57(105)89-50(26-30-123-8)66(112)92-48(20-15-28-85-76(81)82)65(111)91-47(19-13-14-27-78)68(114)100-62(42(7)102)74(120)95-51(31-39(2)3)71(117)98-60(40(4)5)73(119)96-52(32-43-17-11-10-12-18-43)69(115)97-55(75(121)122)33-44-22-24-45(103)25-23-44/h10-12,17-18,22-25,39-42,46-55,60-62,101-103H,9,13-16,19-21,26-38,78-79H2,1-8H3,(H2,80,104)(H,87,110)(H,88,118)(H,89,105)(H,90,106)(H,91,111)(H,92,112)(H,93,116)(H,94,109)(H,95,120)(H,96,119)(H,97,115)(H,98,117)(H,99,113)(H,100,114)(H,107,108)(H,121,122)(H4,81,82,85)(H4,83,84,86)/t41-,42+,46-,47-,48-,49-,50-,51-,52-,53-,54-,55-,60-,61-,62-/m0/s1. The Labute approximate surface area is 716 Å². The molecule has 0 aromatic heterocycles. The zero-order valence-electron chi connectivity index (χ0n) is 70.3. The summed E-state index contributed by atoms with van der Waals surface area (Å²) in [6.45, 7) is 8.44. The summed E-state index contributed by atoms with van der Waals surface area (Å²) in [5, 5.41) is 105. The number of hydrogen-bond donors (Lipinski definition) is 28. The Balaban J connectivity index is 2.46. The molecular weight excluding hydrogens is 1630 g/mol. The first kappa shape index (κ1) is 107. The molecule has 0 radical (unpaired) electrons. The van der Waals surface area contributed by atoms with Crippen molar-refractivity contribution < 1.29 is 107 Å². The van der Waals surface area contributed by atoms with E-state index in [-0.39, 0.29) is 108 Å². The number of thioether (sulfide) groups is 1. The van der Waals surface area contributed by atoms with Gasteiger partial charge in [0.15, 0.2) is 11.9 Å². The number of nitrogens with two attached hydrogens (primary N) is 5. The monoisotopic (exact) mass is 1760 g/mol. The molecule has 2 aromatic rings. The van der Waals surface area contributed by atoms with Crippen LogP contribution < -0.4 is 114 Å². The van der Waals surface area contributed by atoms with Crippen LogP contribution in [0.3, 0.4) is 0 Å². The summed E-state index contributed by atoms with van der Waals surface area (Å²) < 4.78 is 0. The first-order valence-electron chi connectivity index (χ1n) is 40.1. The molecule has 15 amide bonds. The number of carbonyl (C=O) groups excluding carboxylic acids is 15. The van der Waals surface area contributed by atoms with Crippen molar-refractivity contribution in [2.75, 3.05) is 51.3 Å². The Morgan fingerprint density at radius 3 is 1.33 bits per heavy atom. The average molecular weight is 1760 g/mol. The van der Waals surface area contributed by atoms with Crippen molar-refractivity contribution in [2.45, 2.75) is 223 Å². The number of amides is 15. The van der Waals surface area contributed by atoms with Crippen LogP contribution in [0.25, 0.3) is 0 Å². The van der Waals surface area contributed by atoms with Crippen molar-refractivity contribution >= 4 is 124 Å². The highest BCUT2D eigenvalue weighted by Gasteiger charge is 2.39. The SMILES string of the molecule is CC[C@H](C)[C@H](NC(=O)[C@H](CCCNC(=N)N)NC(=O)[C@H](CC(=O)O)NC(=O)CNC(=O)[C@H](CC(N)=O)NC(=O)[C@@H](N)CO)C(=O)NCC(=O)N[C@@H](CCSC)C(=O)N[C@@H](CCCNC(=N)N)C(=O)N[C@@H](CCCCN)C(=O)N[C@H](C(=O)N[C@@H](CC(C)C)C(=O)N[C@H](C(=O)N[C@@H](Cc1ccccc1)C(=O)N[C@@H](Cc1ccc(O)cc1)C(=O)O)C(C)C)[C@@H](C)O. The number of rotatable bonds is 59. The number of aliphatic carboxylic acids is 2. The van der Waals surface area contributed by atoms with Crippen molar-refractivity contribution in [3.05, 3.63) is 65.7 Å². The number of primary amides is 1. The number of hydrogen-bond acceptors (Lipinski definition) is 25. The van der Waals surface area contributed by atoms with Gasteiger partial charge in [0.05, 0.1) is 38.6 Å². The normalized spacial score (nSPS) is 14.7. The quantitative estimate of drug-likeness (QED) is 0.0166. The lowest BCUT2D eigenvalue weighted by Gasteiger charge is -2.30. The van der Waals surface area contributed by atoms with E-state index in [1.807, 2.05) is 0 Å². The summed E-state index contributed by atoms with van der Waals surface area (Å²) >= 11 is 1.27. The number of carboxylic acids is 2. The van der Waals surface area contributed by atoms with E-state index in [4.69, 9.17) is 39.5 Å². The average Bonchev–Trinajstić information content (AvgIpc) is 0.848. The molecular formula is C77H125N23O22S. The van der Waals surface area contributed by atoms with Crippen LogP contribution in [0.1, 0.15) is 137 Å². The minimum absolute atomic E-state index is 0.00785. The van der Waals surface area contributed by atoms with Crippen LogP contribution >= 0.6 is 11.8 Å². The van der Waals surface area contributed by atoms with Gasteiger partial charge in [-0.05, 0) is 124 Å². The molecule has 15 atom stereocenters. The maximum Gasteiger partial charge on any atom is 0.326 e. The molecule has 0 aliphatic carbocycles. The molecule has 0 aliphatic heterocycles. The molecule has 2 rings (SSSR count). The van der Waals surface area contributed by atoms with E-state index in [1.165, 1.54) is 43.0 Å². The van der Waals surface area contributed by atoms with E-state index in [0.717, 1.165) is 0 Å². The van der Waals surface area contributed by atoms with Gasteiger partial charge in [0.25, 0.3) is 0 Å². The third kappa shape index (κ3) is 41.9. The Morgan fingerprint density at radius 1 is 0.447 bits per heavy atom. The van der Waals surface area contributed by atoms with Gasteiger partial charge < -0.3 is 139 Å². The number of aliphatic hydroxyl groups excluding tert-OH is 2. The molecule has 45 nitrogen and oxygen atoms in total.